The fourth-order valence-electron chi connectivity index (χ4n) is 3.22. The number of pyridine rings is 1. The highest BCUT2D eigenvalue weighted by molar-refractivity contribution is 6.38. The molecule has 0 aliphatic carbocycles. The van der Waals surface area contributed by atoms with Gasteiger partial charge in [-0.05, 0) is 49.2 Å². The lowest BCUT2D eigenvalue weighted by molar-refractivity contribution is -0.147. The maximum Gasteiger partial charge on any atom is 0.289 e. The molecule has 0 aliphatic rings. The van der Waals surface area contributed by atoms with Gasteiger partial charge in [0, 0.05) is 12.6 Å². The second kappa shape index (κ2) is 12.0. The molecule has 1 atom stereocenters. The van der Waals surface area contributed by atoms with Gasteiger partial charge in [-0.25, -0.2) is 4.39 Å². The van der Waals surface area contributed by atoms with Crippen LogP contribution < -0.4 is 10.6 Å². The van der Waals surface area contributed by atoms with Gasteiger partial charge in [0.2, 0.25) is 5.78 Å². The van der Waals surface area contributed by atoms with Crippen LogP contribution in [0.15, 0.2) is 79.0 Å². The van der Waals surface area contributed by atoms with E-state index in [-0.39, 0.29) is 25.4 Å². The van der Waals surface area contributed by atoms with E-state index in [1.807, 2.05) is 30.3 Å². The van der Waals surface area contributed by atoms with Crippen molar-refractivity contribution in [3.8, 4) is 0 Å². The molecule has 0 saturated carbocycles. The Kier molecular flexibility index (Phi) is 8.80. The zero-order chi connectivity index (χ0) is 25.3. The molecule has 2 N–H and O–H groups in total. The number of ketones is 1. The van der Waals surface area contributed by atoms with Crippen LogP contribution >= 0.6 is 0 Å². The molecule has 0 saturated heterocycles. The summed E-state index contributed by atoms with van der Waals surface area (Å²) in [5.41, 5.74) is 0.771. The Morgan fingerprint density at radius 3 is 2.29 bits per heavy atom. The number of Topliss-reactive ketones (excluding diaryl/α,β-unsaturated/α-hetero) is 1. The smallest absolute Gasteiger partial charge is 0.289 e. The molecule has 0 bridgehead atoms. The van der Waals surface area contributed by atoms with Gasteiger partial charge in [0.05, 0.1) is 18.8 Å². The summed E-state index contributed by atoms with van der Waals surface area (Å²) in [5, 5.41) is 5.24. The number of nitrogens with one attached hydrogen (secondary N) is 2. The highest BCUT2D eigenvalue weighted by atomic mass is 19.1. The normalized spacial score (nSPS) is 12.0. The Morgan fingerprint density at radius 1 is 0.943 bits per heavy atom. The number of hydrogen-bond acceptors (Lipinski definition) is 5. The van der Waals surface area contributed by atoms with Gasteiger partial charge in [-0.1, -0.05) is 48.5 Å². The molecular formula is C27H28FN3O4. The first-order chi connectivity index (χ1) is 16.7. The fraction of sp³-hybridized carbons (Fsp3) is 0.259. The molecule has 2 aromatic carbocycles. The van der Waals surface area contributed by atoms with Crippen LogP contribution in [0, 0.1) is 5.82 Å². The van der Waals surface area contributed by atoms with Crippen molar-refractivity contribution >= 4 is 17.6 Å². The molecule has 0 spiro atoms. The Balaban J connectivity index is 1.67. The van der Waals surface area contributed by atoms with Crippen LogP contribution in [0.5, 0.6) is 0 Å². The van der Waals surface area contributed by atoms with E-state index in [4.69, 9.17) is 4.74 Å². The molecule has 3 aromatic rings. The fourth-order valence-corrected chi connectivity index (χ4v) is 3.22. The third kappa shape index (κ3) is 7.82. The van der Waals surface area contributed by atoms with Gasteiger partial charge < -0.3 is 15.4 Å². The second-order valence-corrected chi connectivity index (χ2v) is 8.51. The predicted octanol–water partition coefficient (Wildman–Crippen LogP) is 3.13. The van der Waals surface area contributed by atoms with Gasteiger partial charge in [0.1, 0.15) is 17.5 Å². The maximum absolute atomic E-state index is 13.1. The van der Waals surface area contributed by atoms with E-state index in [0.29, 0.717) is 11.3 Å². The molecule has 2 amide bonds. The Bertz CT molecular complexity index is 1140. The summed E-state index contributed by atoms with van der Waals surface area (Å²) in [6.45, 7) is 3.29. The average Bonchev–Trinajstić information content (AvgIpc) is 2.87. The van der Waals surface area contributed by atoms with Gasteiger partial charge in [-0.2, -0.15) is 0 Å². The zero-order valence-corrected chi connectivity index (χ0v) is 19.7. The highest BCUT2D eigenvalue weighted by Gasteiger charge is 2.34. The minimum atomic E-state index is -1.31. The Morgan fingerprint density at radius 2 is 1.63 bits per heavy atom. The number of ether oxygens (including phenoxy) is 1. The number of aromatic nitrogens is 1. The summed E-state index contributed by atoms with van der Waals surface area (Å²) in [5.74, 6) is -2.50. The molecule has 0 fully saturated rings. The maximum atomic E-state index is 13.1. The molecule has 0 unspecified atom stereocenters. The average molecular weight is 478 g/mol. The molecule has 182 valence electrons. The first-order valence-electron chi connectivity index (χ1n) is 11.2. The molecule has 0 aliphatic heterocycles. The van der Waals surface area contributed by atoms with Crippen LogP contribution in [0.4, 0.5) is 4.39 Å². The summed E-state index contributed by atoms with van der Waals surface area (Å²) >= 11 is 0. The van der Waals surface area contributed by atoms with E-state index in [9.17, 15) is 18.8 Å². The minimum absolute atomic E-state index is 0.0720. The Hall–Kier alpha value is -3.91. The second-order valence-electron chi connectivity index (χ2n) is 8.51. The quantitative estimate of drug-likeness (QED) is 0.414. The van der Waals surface area contributed by atoms with E-state index in [0.717, 1.165) is 5.56 Å². The number of carbonyl (C=O) groups excluding carboxylic acids is 3. The van der Waals surface area contributed by atoms with Crippen molar-refractivity contribution in [1.29, 1.82) is 0 Å². The number of carbonyl (C=O) groups is 3. The molecular weight excluding hydrogens is 449 g/mol. The third-order valence-electron chi connectivity index (χ3n) is 5.34. The van der Waals surface area contributed by atoms with Crippen LogP contribution in [0.25, 0.3) is 0 Å². The summed E-state index contributed by atoms with van der Waals surface area (Å²) in [4.78, 5) is 42.8. The summed E-state index contributed by atoms with van der Waals surface area (Å²) in [6.07, 6.45) is 1.73. The molecule has 0 radical (unpaired) electrons. The lowest BCUT2D eigenvalue weighted by Crippen LogP contribution is -2.54. The van der Waals surface area contributed by atoms with Crippen LogP contribution in [0.1, 0.15) is 30.7 Å². The highest BCUT2D eigenvalue weighted by Crippen LogP contribution is 2.15. The SMILES string of the molecule is CC(C)(OCc1ccc(F)cc1)C(=O)N[C@H](Cc1ccccc1)C(=O)C(=O)NCc1ccccn1. The largest absolute Gasteiger partial charge is 0.361 e. The number of amides is 2. The molecule has 3 rings (SSSR count). The van der Waals surface area contributed by atoms with Crippen molar-refractivity contribution in [3.63, 3.8) is 0 Å². The summed E-state index contributed by atoms with van der Waals surface area (Å²) in [6, 6.07) is 19.0. The van der Waals surface area contributed by atoms with Gasteiger partial charge in [0.25, 0.3) is 11.8 Å². The molecule has 7 nitrogen and oxygen atoms in total. The van der Waals surface area contributed by atoms with Crippen LogP contribution in [0.3, 0.4) is 0 Å². The van der Waals surface area contributed by atoms with E-state index in [1.165, 1.54) is 12.1 Å². The van der Waals surface area contributed by atoms with Crippen molar-refractivity contribution in [2.45, 2.75) is 45.1 Å². The van der Waals surface area contributed by atoms with Gasteiger partial charge in [0.15, 0.2) is 0 Å². The van der Waals surface area contributed by atoms with E-state index < -0.39 is 29.2 Å². The number of benzene rings is 2. The van der Waals surface area contributed by atoms with Crippen LogP contribution in [0.2, 0.25) is 0 Å². The van der Waals surface area contributed by atoms with Crippen molar-refractivity contribution in [1.82, 2.24) is 15.6 Å². The van der Waals surface area contributed by atoms with Crippen LogP contribution in [-0.4, -0.2) is 34.2 Å². The molecule has 8 heteroatoms. The van der Waals surface area contributed by atoms with Crippen molar-refractivity contribution in [3.05, 3.63) is 102 Å². The number of nitrogens with zero attached hydrogens (tertiary/aromatic N) is 1. The molecule has 1 heterocycles. The van der Waals surface area contributed by atoms with Gasteiger partial charge in [-0.15, -0.1) is 0 Å². The molecule has 35 heavy (non-hydrogen) atoms. The van der Waals surface area contributed by atoms with Gasteiger partial charge >= 0.3 is 0 Å². The zero-order valence-electron chi connectivity index (χ0n) is 19.7. The Labute approximate surface area is 203 Å². The third-order valence-corrected chi connectivity index (χ3v) is 5.34. The number of halogens is 1. The first-order valence-corrected chi connectivity index (χ1v) is 11.2. The van der Waals surface area contributed by atoms with Crippen molar-refractivity contribution in [2.75, 3.05) is 0 Å². The predicted molar refractivity (Wildman–Crippen MR) is 128 cm³/mol. The standard InChI is InChI=1S/C27H28FN3O4/c1-27(2,35-18-20-11-13-21(28)14-12-20)26(34)31-23(16-19-8-4-3-5-9-19)24(32)25(33)30-17-22-10-6-7-15-29-22/h3-15,23H,16-18H2,1-2H3,(H,30,33)(H,31,34)/t23-/m1/s1. The number of hydrogen-bond donors (Lipinski definition) is 2. The summed E-state index contributed by atoms with van der Waals surface area (Å²) in [7, 11) is 0. The van der Waals surface area contributed by atoms with Crippen molar-refractivity contribution < 1.29 is 23.5 Å². The van der Waals surface area contributed by atoms with E-state index >= 15 is 0 Å². The molecule has 1 aromatic heterocycles. The van der Waals surface area contributed by atoms with Crippen LogP contribution in [-0.2, 0) is 38.7 Å². The lowest BCUT2D eigenvalue weighted by atomic mass is 10.00. The monoisotopic (exact) mass is 477 g/mol. The summed E-state index contributed by atoms with van der Waals surface area (Å²) < 4.78 is 18.9. The van der Waals surface area contributed by atoms with E-state index in [2.05, 4.69) is 15.6 Å². The topological polar surface area (TPSA) is 97.4 Å². The lowest BCUT2D eigenvalue weighted by Gasteiger charge is -2.27. The first kappa shape index (κ1) is 25.7. The van der Waals surface area contributed by atoms with E-state index in [1.54, 1.807) is 50.4 Å². The van der Waals surface area contributed by atoms with Gasteiger partial charge in [-0.3, -0.25) is 19.4 Å². The minimum Gasteiger partial charge on any atom is -0.361 e. The number of rotatable bonds is 11. The van der Waals surface area contributed by atoms with Crippen molar-refractivity contribution in [2.24, 2.45) is 0 Å².